The van der Waals surface area contributed by atoms with Gasteiger partial charge in [0.05, 0.1) is 7.11 Å². The molecular formula is C16H18F2N4O. The predicted octanol–water partition coefficient (Wildman–Crippen LogP) is 2.45. The average Bonchev–Trinajstić information content (AvgIpc) is 2.98. The Labute approximate surface area is 133 Å². The molecule has 1 saturated heterocycles. The summed E-state index contributed by atoms with van der Waals surface area (Å²) in [6.45, 7) is 1.69. The number of benzene rings is 1. The summed E-state index contributed by atoms with van der Waals surface area (Å²) >= 11 is 0. The third kappa shape index (κ3) is 3.73. The summed E-state index contributed by atoms with van der Waals surface area (Å²) < 4.78 is 32.5. The molecule has 0 amide bonds. The first-order valence-corrected chi connectivity index (χ1v) is 7.44. The minimum absolute atomic E-state index is 0.116. The van der Waals surface area contributed by atoms with Gasteiger partial charge >= 0.3 is 0 Å². The Morgan fingerprint density at radius 2 is 2.09 bits per heavy atom. The van der Waals surface area contributed by atoms with Gasteiger partial charge in [-0.15, -0.1) is 0 Å². The molecule has 1 unspecified atom stereocenters. The number of halogens is 2. The highest BCUT2D eigenvalue weighted by molar-refractivity contribution is 5.29. The number of anilines is 1. The second-order valence-electron chi connectivity index (χ2n) is 5.49. The van der Waals surface area contributed by atoms with Crippen molar-refractivity contribution in [3.05, 3.63) is 47.7 Å². The maximum absolute atomic E-state index is 13.7. The van der Waals surface area contributed by atoms with Crippen LogP contribution in [0.5, 0.6) is 5.88 Å². The Morgan fingerprint density at radius 3 is 2.83 bits per heavy atom. The van der Waals surface area contributed by atoms with Crippen molar-refractivity contribution < 1.29 is 13.5 Å². The van der Waals surface area contributed by atoms with Gasteiger partial charge in [0, 0.05) is 43.5 Å². The Hall–Kier alpha value is -2.28. The molecule has 0 saturated carbocycles. The van der Waals surface area contributed by atoms with Crippen molar-refractivity contribution in [3.8, 4) is 5.88 Å². The fourth-order valence-corrected chi connectivity index (χ4v) is 2.71. The second-order valence-corrected chi connectivity index (χ2v) is 5.49. The Morgan fingerprint density at radius 1 is 1.30 bits per heavy atom. The quantitative estimate of drug-likeness (QED) is 0.917. The van der Waals surface area contributed by atoms with Crippen molar-refractivity contribution in [1.82, 2.24) is 14.9 Å². The molecule has 1 aliphatic rings. The summed E-state index contributed by atoms with van der Waals surface area (Å²) in [4.78, 5) is 10.4. The van der Waals surface area contributed by atoms with E-state index in [4.69, 9.17) is 4.74 Å². The van der Waals surface area contributed by atoms with E-state index >= 15 is 0 Å². The number of likely N-dealkylation sites (tertiary alicyclic amines) is 1. The number of hydrogen-bond donors (Lipinski definition) is 1. The number of ether oxygens (including phenoxy) is 1. The SMILES string of the molecule is COc1ccnc(NC2CCN(Cc3c(F)cccc3F)C2)n1. The summed E-state index contributed by atoms with van der Waals surface area (Å²) in [6.07, 6.45) is 2.48. The number of hydrogen-bond acceptors (Lipinski definition) is 5. The van der Waals surface area contributed by atoms with E-state index in [0.717, 1.165) is 13.0 Å². The zero-order valence-corrected chi connectivity index (χ0v) is 12.8. The first-order chi connectivity index (χ1) is 11.2. The number of nitrogens with one attached hydrogen (secondary N) is 1. The standard InChI is InChI=1S/C16H18F2N4O/c1-23-15-5-7-19-16(21-15)20-11-6-8-22(9-11)10-12-13(17)3-2-4-14(12)18/h2-5,7,11H,6,8-10H2,1H3,(H,19,20,21). The summed E-state index contributed by atoms with van der Waals surface area (Å²) in [5.74, 6) is -0.0193. The second kappa shape index (κ2) is 6.87. The van der Waals surface area contributed by atoms with Crippen LogP contribution in [0, 0.1) is 11.6 Å². The highest BCUT2D eigenvalue weighted by atomic mass is 19.1. The molecule has 5 nitrogen and oxygen atoms in total. The van der Waals surface area contributed by atoms with E-state index in [1.165, 1.54) is 18.2 Å². The van der Waals surface area contributed by atoms with Crippen LogP contribution in [0.4, 0.5) is 14.7 Å². The smallest absolute Gasteiger partial charge is 0.226 e. The van der Waals surface area contributed by atoms with Crippen LogP contribution in [0.3, 0.4) is 0 Å². The van der Waals surface area contributed by atoms with E-state index in [0.29, 0.717) is 18.4 Å². The number of nitrogens with zero attached hydrogens (tertiary/aromatic N) is 3. The zero-order chi connectivity index (χ0) is 16.2. The molecule has 1 aromatic carbocycles. The van der Waals surface area contributed by atoms with Crippen LogP contribution in [0.25, 0.3) is 0 Å². The Kier molecular flexibility index (Phi) is 4.66. The minimum Gasteiger partial charge on any atom is -0.481 e. The first kappa shape index (κ1) is 15.6. The van der Waals surface area contributed by atoms with Gasteiger partial charge in [0.15, 0.2) is 0 Å². The van der Waals surface area contributed by atoms with E-state index in [1.807, 2.05) is 4.90 Å². The van der Waals surface area contributed by atoms with Crippen LogP contribution in [0.2, 0.25) is 0 Å². The van der Waals surface area contributed by atoms with Crippen LogP contribution >= 0.6 is 0 Å². The summed E-state index contributed by atoms with van der Waals surface area (Å²) in [6, 6.07) is 5.76. The van der Waals surface area contributed by atoms with Crippen molar-refractivity contribution in [1.29, 1.82) is 0 Å². The van der Waals surface area contributed by atoms with E-state index in [2.05, 4.69) is 15.3 Å². The fourth-order valence-electron chi connectivity index (χ4n) is 2.71. The topological polar surface area (TPSA) is 50.3 Å². The van der Waals surface area contributed by atoms with Crippen LogP contribution in [0.15, 0.2) is 30.5 Å². The highest BCUT2D eigenvalue weighted by Gasteiger charge is 2.24. The van der Waals surface area contributed by atoms with Crippen LogP contribution < -0.4 is 10.1 Å². The predicted molar refractivity (Wildman–Crippen MR) is 82.2 cm³/mol. The number of rotatable bonds is 5. The molecule has 0 radical (unpaired) electrons. The maximum Gasteiger partial charge on any atom is 0.226 e. The van der Waals surface area contributed by atoms with Gasteiger partial charge in [-0.25, -0.2) is 13.8 Å². The molecule has 2 heterocycles. The average molecular weight is 320 g/mol. The van der Waals surface area contributed by atoms with Crippen molar-refractivity contribution >= 4 is 5.95 Å². The molecule has 23 heavy (non-hydrogen) atoms. The fraction of sp³-hybridized carbons (Fsp3) is 0.375. The van der Waals surface area contributed by atoms with Gasteiger partial charge in [0.25, 0.3) is 0 Å². The highest BCUT2D eigenvalue weighted by Crippen LogP contribution is 2.20. The molecule has 0 bridgehead atoms. The van der Waals surface area contributed by atoms with Gasteiger partial charge in [0.2, 0.25) is 11.8 Å². The normalized spacial score (nSPS) is 18.1. The molecule has 2 aromatic rings. The third-order valence-electron chi connectivity index (χ3n) is 3.89. The largest absolute Gasteiger partial charge is 0.481 e. The molecule has 0 spiro atoms. The maximum atomic E-state index is 13.7. The molecular weight excluding hydrogens is 302 g/mol. The molecule has 3 rings (SSSR count). The molecule has 1 N–H and O–H groups in total. The molecule has 0 aliphatic carbocycles. The Balaban J connectivity index is 1.60. The van der Waals surface area contributed by atoms with Gasteiger partial charge in [-0.2, -0.15) is 4.98 Å². The van der Waals surface area contributed by atoms with Crippen molar-refractivity contribution in [2.45, 2.75) is 19.0 Å². The van der Waals surface area contributed by atoms with Crippen LogP contribution in [-0.2, 0) is 6.54 Å². The van der Waals surface area contributed by atoms with Crippen LogP contribution in [-0.4, -0.2) is 41.1 Å². The monoisotopic (exact) mass is 320 g/mol. The molecule has 1 fully saturated rings. The van der Waals surface area contributed by atoms with Gasteiger partial charge in [-0.3, -0.25) is 4.90 Å². The van der Waals surface area contributed by atoms with Gasteiger partial charge in [-0.1, -0.05) is 6.07 Å². The lowest BCUT2D eigenvalue weighted by Gasteiger charge is -2.17. The van der Waals surface area contributed by atoms with Gasteiger partial charge in [0.1, 0.15) is 11.6 Å². The molecule has 1 atom stereocenters. The summed E-state index contributed by atoms with van der Waals surface area (Å²) in [5, 5.41) is 3.23. The minimum atomic E-state index is -0.502. The lowest BCUT2D eigenvalue weighted by Crippen LogP contribution is -2.27. The van der Waals surface area contributed by atoms with Gasteiger partial charge in [-0.05, 0) is 18.6 Å². The summed E-state index contributed by atoms with van der Waals surface area (Å²) in [5.41, 5.74) is 0.116. The lowest BCUT2D eigenvalue weighted by molar-refractivity contribution is 0.316. The van der Waals surface area contributed by atoms with E-state index in [1.54, 1.807) is 19.4 Å². The molecule has 7 heteroatoms. The van der Waals surface area contributed by atoms with Crippen molar-refractivity contribution in [2.75, 3.05) is 25.5 Å². The number of methoxy groups -OCH3 is 1. The van der Waals surface area contributed by atoms with Gasteiger partial charge < -0.3 is 10.1 Å². The van der Waals surface area contributed by atoms with Crippen molar-refractivity contribution in [3.63, 3.8) is 0 Å². The molecule has 122 valence electrons. The van der Waals surface area contributed by atoms with Crippen molar-refractivity contribution in [2.24, 2.45) is 0 Å². The third-order valence-corrected chi connectivity index (χ3v) is 3.89. The first-order valence-electron chi connectivity index (χ1n) is 7.44. The summed E-state index contributed by atoms with van der Waals surface area (Å²) in [7, 11) is 1.55. The van der Waals surface area contributed by atoms with E-state index in [9.17, 15) is 8.78 Å². The lowest BCUT2D eigenvalue weighted by atomic mass is 10.2. The zero-order valence-electron chi connectivity index (χ0n) is 12.8. The Bertz CT molecular complexity index is 663. The molecule has 1 aromatic heterocycles. The van der Waals surface area contributed by atoms with E-state index < -0.39 is 11.6 Å². The van der Waals surface area contributed by atoms with E-state index in [-0.39, 0.29) is 18.2 Å². The molecule has 1 aliphatic heterocycles. The van der Waals surface area contributed by atoms with Crippen LogP contribution in [0.1, 0.15) is 12.0 Å². The number of aromatic nitrogens is 2.